The monoisotopic (exact) mass is 617 g/mol. The quantitative estimate of drug-likeness (QED) is 0.326. The minimum Gasteiger partial charge on any atom is -0.444 e. The van der Waals surface area contributed by atoms with E-state index in [9.17, 15) is 14.4 Å². The Hall–Kier alpha value is -3.07. The van der Waals surface area contributed by atoms with Gasteiger partial charge in [-0.3, -0.25) is 9.59 Å². The molecule has 0 unspecified atom stereocenters. The number of anilines is 1. The molecule has 0 aromatic heterocycles. The third kappa shape index (κ3) is 6.67. The summed E-state index contributed by atoms with van der Waals surface area (Å²) in [5.41, 5.74) is 0.712. The topological polar surface area (TPSA) is 87.7 Å². The number of nitrogens with zero attached hydrogens (tertiary/aromatic N) is 1. The van der Waals surface area contributed by atoms with Crippen LogP contribution in [-0.4, -0.2) is 41.5 Å². The second kappa shape index (κ2) is 11.0. The molecule has 1 aliphatic heterocycles. The van der Waals surface area contributed by atoms with E-state index < -0.39 is 17.2 Å². The van der Waals surface area contributed by atoms with Gasteiger partial charge in [-0.25, -0.2) is 4.79 Å². The van der Waals surface area contributed by atoms with Crippen molar-refractivity contribution in [1.29, 1.82) is 0 Å². The summed E-state index contributed by atoms with van der Waals surface area (Å²) in [4.78, 5) is 40.0. The molecule has 0 atom stereocenters. The van der Waals surface area contributed by atoms with Gasteiger partial charge >= 0.3 is 6.09 Å². The molecule has 2 N–H and O–H groups in total. The van der Waals surface area contributed by atoms with Crippen LogP contribution in [0.4, 0.5) is 10.5 Å². The second-order valence-electron chi connectivity index (χ2n) is 10.1. The zero-order valence-electron chi connectivity index (χ0n) is 21.0. The largest absolute Gasteiger partial charge is 0.444 e. The van der Waals surface area contributed by atoms with E-state index >= 15 is 0 Å². The van der Waals surface area contributed by atoms with Crippen molar-refractivity contribution in [3.05, 3.63) is 97.9 Å². The van der Waals surface area contributed by atoms with Crippen molar-refractivity contribution in [2.75, 3.05) is 18.4 Å². The molecule has 1 heterocycles. The van der Waals surface area contributed by atoms with E-state index in [1.165, 1.54) is 12.1 Å². The number of hydrogen-bond acceptors (Lipinski definition) is 4. The Kier molecular flexibility index (Phi) is 8.06. The molecule has 10 heteroatoms. The van der Waals surface area contributed by atoms with E-state index in [-0.39, 0.29) is 24.9 Å². The molecule has 0 aliphatic carbocycles. The second-order valence-corrected chi connectivity index (χ2v) is 11.9. The van der Waals surface area contributed by atoms with E-state index in [4.69, 9.17) is 27.9 Å². The van der Waals surface area contributed by atoms with Crippen LogP contribution in [0.2, 0.25) is 10.0 Å². The lowest BCUT2D eigenvalue weighted by molar-refractivity contribution is -0.0168. The Morgan fingerprint density at radius 2 is 1.45 bits per heavy atom. The number of benzene rings is 3. The molecular formula is C28H26BrCl2N3O4. The number of likely N-dealkylation sites (tertiary alicyclic amines) is 1. The predicted octanol–water partition coefficient (Wildman–Crippen LogP) is 6.88. The van der Waals surface area contributed by atoms with E-state index in [1.54, 1.807) is 35.2 Å². The van der Waals surface area contributed by atoms with Gasteiger partial charge in [-0.2, -0.15) is 0 Å². The van der Waals surface area contributed by atoms with Gasteiger partial charge in [-0.15, -0.1) is 0 Å². The predicted molar refractivity (Wildman–Crippen MR) is 152 cm³/mol. The fourth-order valence-electron chi connectivity index (χ4n) is 4.05. The molecule has 38 heavy (non-hydrogen) atoms. The Balaban J connectivity index is 1.47. The molecule has 1 saturated heterocycles. The van der Waals surface area contributed by atoms with Crippen molar-refractivity contribution in [3.8, 4) is 0 Å². The lowest BCUT2D eigenvalue weighted by Crippen LogP contribution is -2.69. The maximum absolute atomic E-state index is 13.3. The van der Waals surface area contributed by atoms with Crippen LogP contribution in [0.1, 0.15) is 47.1 Å². The highest BCUT2D eigenvalue weighted by molar-refractivity contribution is 9.10. The number of carbonyl (C=O) groups excluding carboxylic acids is 3. The molecule has 3 aromatic rings. The Labute approximate surface area is 239 Å². The van der Waals surface area contributed by atoms with E-state index in [2.05, 4.69) is 26.6 Å². The first-order valence-electron chi connectivity index (χ1n) is 11.8. The average Bonchev–Trinajstić information content (AvgIpc) is 2.80. The van der Waals surface area contributed by atoms with Gasteiger partial charge in [0.25, 0.3) is 11.8 Å². The number of hydrogen-bond donors (Lipinski definition) is 2. The summed E-state index contributed by atoms with van der Waals surface area (Å²) in [5, 5.41) is 6.59. The third-order valence-electron chi connectivity index (χ3n) is 5.85. The minimum atomic E-state index is -0.770. The number of amides is 3. The molecule has 3 amide bonds. The van der Waals surface area contributed by atoms with Crippen molar-refractivity contribution < 1.29 is 19.1 Å². The normalized spacial score (nSPS) is 14.3. The zero-order valence-corrected chi connectivity index (χ0v) is 24.1. The zero-order chi connectivity index (χ0) is 27.7. The summed E-state index contributed by atoms with van der Waals surface area (Å²) >= 11 is 15.4. The molecule has 0 bridgehead atoms. The summed E-state index contributed by atoms with van der Waals surface area (Å²) in [6, 6.07) is 18.7. The fraction of sp³-hybridized carbons (Fsp3) is 0.250. The van der Waals surface area contributed by atoms with Crippen molar-refractivity contribution in [1.82, 2.24) is 10.2 Å². The molecule has 198 valence electrons. The lowest BCUT2D eigenvalue weighted by atomic mass is 9.82. The maximum Gasteiger partial charge on any atom is 0.410 e. The minimum absolute atomic E-state index is 0.269. The van der Waals surface area contributed by atoms with E-state index in [1.807, 2.05) is 45.0 Å². The summed E-state index contributed by atoms with van der Waals surface area (Å²) < 4.78 is 6.39. The first-order valence-corrected chi connectivity index (χ1v) is 13.3. The van der Waals surface area contributed by atoms with Crippen LogP contribution in [0, 0.1) is 0 Å². The highest BCUT2D eigenvalue weighted by Gasteiger charge is 2.49. The number of halogens is 3. The molecule has 0 spiro atoms. The van der Waals surface area contributed by atoms with Gasteiger partial charge in [-0.1, -0.05) is 51.3 Å². The first kappa shape index (κ1) is 28.0. The molecule has 0 saturated carbocycles. The van der Waals surface area contributed by atoms with Crippen LogP contribution in [0.5, 0.6) is 0 Å². The van der Waals surface area contributed by atoms with Gasteiger partial charge in [0, 0.05) is 31.3 Å². The number of rotatable bonds is 5. The first-order chi connectivity index (χ1) is 17.8. The van der Waals surface area contributed by atoms with Crippen molar-refractivity contribution in [3.63, 3.8) is 0 Å². The summed E-state index contributed by atoms with van der Waals surface area (Å²) in [6.45, 7) is 5.97. The highest BCUT2D eigenvalue weighted by atomic mass is 79.9. The Morgan fingerprint density at radius 1 is 0.868 bits per heavy atom. The van der Waals surface area contributed by atoms with Gasteiger partial charge in [0.05, 0.1) is 13.1 Å². The molecule has 0 radical (unpaired) electrons. The van der Waals surface area contributed by atoms with Crippen LogP contribution >= 0.6 is 39.1 Å². The average molecular weight is 619 g/mol. The molecule has 7 nitrogen and oxygen atoms in total. The highest BCUT2D eigenvalue weighted by Crippen LogP contribution is 2.34. The smallest absolute Gasteiger partial charge is 0.410 e. The van der Waals surface area contributed by atoms with E-state index in [0.29, 0.717) is 26.9 Å². The van der Waals surface area contributed by atoms with Crippen LogP contribution < -0.4 is 10.6 Å². The lowest BCUT2D eigenvalue weighted by Gasteiger charge is -2.50. The summed E-state index contributed by atoms with van der Waals surface area (Å²) in [7, 11) is 0. The molecule has 1 fully saturated rings. The Bertz CT molecular complexity index is 1350. The van der Waals surface area contributed by atoms with E-state index in [0.717, 1.165) is 10.0 Å². The summed E-state index contributed by atoms with van der Waals surface area (Å²) in [5.74, 6) is -0.686. The number of carbonyl (C=O) groups is 3. The molecule has 4 rings (SSSR count). The van der Waals surface area contributed by atoms with Gasteiger partial charge in [0.15, 0.2) is 0 Å². The van der Waals surface area contributed by atoms with Crippen LogP contribution in [0.3, 0.4) is 0 Å². The summed E-state index contributed by atoms with van der Waals surface area (Å²) in [6.07, 6.45) is -0.430. The van der Waals surface area contributed by atoms with Gasteiger partial charge in [-0.05, 0) is 80.9 Å². The van der Waals surface area contributed by atoms with Crippen LogP contribution in [0.25, 0.3) is 0 Å². The van der Waals surface area contributed by atoms with Crippen LogP contribution in [0.15, 0.2) is 71.2 Å². The van der Waals surface area contributed by atoms with Crippen molar-refractivity contribution in [2.45, 2.75) is 31.9 Å². The maximum atomic E-state index is 13.3. The SMILES string of the molecule is CC(C)(C)OC(=O)N1CC(NC(=O)c2ccc(NC(=O)c3cc(Cl)cc(Cl)c3)cc2)(c2ccc(Br)cc2)C1. The molecular weight excluding hydrogens is 593 g/mol. The third-order valence-corrected chi connectivity index (χ3v) is 6.82. The fourth-order valence-corrected chi connectivity index (χ4v) is 4.84. The standard InChI is InChI=1S/C28H26BrCl2N3O4/c1-27(2,3)38-26(37)34-15-28(16-34,19-6-8-20(29)9-7-19)33-25(36)17-4-10-23(11-5-17)32-24(35)18-12-21(30)14-22(31)13-18/h4-14H,15-16H2,1-3H3,(H,32,35)(H,33,36). The van der Waals surface area contributed by atoms with Gasteiger partial charge < -0.3 is 20.3 Å². The van der Waals surface area contributed by atoms with Gasteiger partial charge in [0.1, 0.15) is 11.1 Å². The van der Waals surface area contributed by atoms with Crippen LogP contribution in [-0.2, 0) is 10.3 Å². The number of nitrogens with one attached hydrogen (secondary N) is 2. The molecule has 1 aliphatic rings. The van der Waals surface area contributed by atoms with Crippen molar-refractivity contribution >= 4 is 62.7 Å². The van der Waals surface area contributed by atoms with Crippen molar-refractivity contribution in [2.24, 2.45) is 0 Å². The molecule has 3 aromatic carbocycles. The number of ether oxygens (including phenoxy) is 1. The Morgan fingerprint density at radius 3 is 2.00 bits per heavy atom. The van der Waals surface area contributed by atoms with Gasteiger partial charge in [0.2, 0.25) is 0 Å².